The van der Waals surface area contributed by atoms with Crippen LogP contribution in [0.4, 0.5) is 24.1 Å². The summed E-state index contributed by atoms with van der Waals surface area (Å²) < 4.78 is 71.6. The molecular weight excluding hydrogens is 998 g/mol. The van der Waals surface area contributed by atoms with Gasteiger partial charge in [0.2, 0.25) is 5.91 Å². The lowest BCUT2D eigenvalue weighted by Crippen LogP contribution is -2.36. The summed E-state index contributed by atoms with van der Waals surface area (Å²) in [5.41, 5.74) is 1.12. The monoisotopic (exact) mass is 1060 g/mol. The third kappa shape index (κ3) is 15.8. The van der Waals surface area contributed by atoms with Crippen molar-refractivity contribution in [2.45, 2.75) is 125 Å². The van der Waals surface area contributed by atoms with Crippen LogP contribution in [0.5, 0.6) is 5.75 Å². The highest BCUT2D eigenvalue weighted by molar-refractivity contribution is 8.00. The largest absolute Gasteiger partial charge is 0.493 e. The molecule has 73 heavy (non-hydrogen) atoms. The number of fused-ring (bicyclic) bond motifs is 1. The van der Waals surface area contributed by atoms with Gasteiger partial charge in [-0.2, -0.15) is 11.8 Å². The fraction of sp³-hybridized carbons (Fsp3) is 0.481. The number of hydrogen-bond acceptors (Lipinski definition) is 10. The fourth-order valence-electron chi connectivity index (χ4n) is 9.53. The van der Waals surface area contributed by atoms with E-state index < -0.39 is 39.5 Å². The molecule has 3 heterocycles. The number of ketones is 1. The lowest BCUT2D eigenvalue weighted by atomic mass is 9.98. The molecular formula is C54H67ClF2N6O8S2. The Morgan fingerprint density at radius 2 is 1.53 bits per heavy atom. The van der Waals surface area contributed by atoms with E-state index in [0.29, 0.717) is 52.9 Å². The van der Waals surface area contributed by atoms with Crippen molar-refractivity contribution in [3.63, 3.8) is 0 Å². The summed E-state index contributed by atoms with van der Waals surface area (Å²) in [5, 5.41) is 12.5. The van der Waals surface area contributed by atoms with Crippen molar-refractivity contribution in [1.82, 2.24) is 26.2 Å². The first-order valence-electron chi connectivity index (χ1n) is 25.5. The molecule has 3 fully saturated rings. The second-order valence-corrected chi connectivity index (χ2v) is 22.4. The van der Waals surface area contributed by atoms with Crippen molar-refractivity contribution in [2.24, 2.45) is 0 Å². The Hall–Kier alpha value is -5.43. The summed E-state index contributed by atoms with van der Waals surface area (Å²) in [6, 6.07) is 18.6. The molecule has 0 radical (unpaired) electrons. The number of nitrogens with zero attached hydrogens (tertiary/aromatic N) is 2. The van der Waals surface area contributed by atoms with E-state index in [2.05, 4.69) is 26.2 Å². The van der Waals surface area contributed by atoms with Crippen molar-refractivity contribution in [3.8, 4) is 5.75 Å². The Morgan fingerprint density at radius 1 is 0.836 bits per heavy atom. The van der Waals surface area contributed by atoms with E-state index in [9.17, 15) is 32.0 Å². The summed E-state index contributed by atoms with van der Waals surface area (Å²) in [4.78, 5) is 52.4. The molecule has 3 saturated heterocycles. The molecule has 0 aromatic heterocycles. The number of carbonyl (C=O) groups is 4. The van der Waals surface area contributed by atoms with Crippen LogP contribution in [0.3, 0.4) is 0 Å². The van der Waals surface area contributed by atoms with Gasteiger partial charge in [0.25, 0.3) is 10.0 Å². The first-order valence-corrected chi connectivity index (χ1v) is 28.4. The molecule has 0 spiro atoms. The summed E-state index contributed by atoms with van der Waals surface area (Å²) in [6.07, 6.45) is 11.5. The van der Waals surface area contributed by atoms with Crippen LogP contribution in [-0.4, -0.2) is 99.5 Å². The van der Waals surface area contributed by atoms with Gasteiger partial charge in [-0.05, 0) is 113 Å². The highest BCUT2D eigenvalue weighted by Crippen LogP contribution is 2.40. The van der Waals surface area contributed by atoms with Crippen molar-refractivity contribution in [2.75, 3.05) is 49.4 Å². The number of thioether (sulfide) groups is 1. The molecule has 3 aliphatic rings. The van der Waals surface area contributed by atoms with Crippen LogP contribution in [-0.2, 0) is 26.2 Å². The first-order chi connectivity index (χ1) is 35.3. The number of benzene rings is 4. The number of ether oxygens (including phenoxy) is 2. The topological polar surface area (TPSA) is 175 Å². The van der Waals surface area contributed by atoms with E-state index in [1.54, 1.807) is 49.4 Å². The Labute approximate surface area is 437 Å². The molecule has 7 rings (SSSR count). The number of hydrogen-bond donors (Lipinski definition) is 4. The maximum absolute atomic E-state index is 15.6. The number of anilines is 1. The molecule has 4 N–H and O–H groups in total. The number of sulfonamides is 1. The second kappa shape index (κ2) is 27.2. The van der Waals surface area contributed by atoms with Gasteiger partial charge in [0.1, 0.15) is 24.0 Å². The van der Waals surface area contributed by atoms with E-state index in [1.165, 1.54) is 24.3 Å². The van der Waals surface area contributed by atoms with Crippen LogP contribution >= 0.6 is 23.4 Å². The van der Waals surface area contributed by atoms with E-state index in [0.717, 1.165) is 119 Å². The average Bonchev–Trinajstić information content (AvgIpc) is 4.14. The summed E-state index contributed by atoms with van der Waals surface area (Å²) in [5.74, 6) is -0.868. The van der Waals surface area contributed by atoms with Gasteiger partial charge in [0, 0.05) is 64.8 Å². The minimum Gasteiger partial charge on any atom is -0.493 e. The molecule has 14 nitrogen and oxygen atoms in total. The average molecular weight is 1070 g/mol. The second-order valence-electron chi connectivity index (χ2n) is 18.9. The number of alkyl carbamates (subject to hydrolysis) is 1. The van der Waals surface area contributed by atoms with Gasteiger partial charge in [-0.25, -0.2) is 26.8 Å². The predicted octanol–water partition coefficient (Wildman–Crippen LogP) is 10.1. The van der Waals surface area contributed by atoms with Gasteiger partial charge in [-0.15, -0.1) is 0 Å². The lowest BCUT2D eigenvalue weighted by molar-refractivity contribution is -0.121. The third-order valence-electron chi connectivity index (χ3n) is 13.5. The van der Waals surface area contributed by atoms with Gasteiger partial charge >= 0.3 is 12.1 Å². The molecule has 0 aliphatic carbocycles. The van der Waals surface area contributed by atoms with Crippen LogP contribution in [0.15, 0.2) is 89.8 Å². The fourth-order valence-corrected chi connectivity index (χ4v) is 12.8. The quantitative estimate of drug-likeness (QED) is 0.0243. The number of halogens is 3. The predicted molar refractivity (Wildman–Crippen MR) is 281 cm³/mol. The molecule has 1 unspecified atom stereocenters. The normalized spacial score (nSPS) is 17.9. The number of likely N-dealkylation sites (tertiary alicyclic amines) is 1. The summed E-state index contributed by atoms with van der Waals surface area (Å²) in [7, 11) is -4.53. The lowest BCUT2D eigenvalue weighted by Gasteiger charge is -2.32. The molecule has 0 saturated carbocycles. The number of nitrogens with one attached hydrogen (secondary N) is 4. The van der Waals surface area contributed by atoms with Crippen LogP contribution in [0, 0.1) is 11.6 Å². The first kappa shape index (κ1) is 55.3. The minimum absolute atomic E-state index is 0.000584. The SMILES string of the molecule is CC(c1ccc(C(=O)c2ccc(COC(=O)NCCCCCCCCNC(=O)CCCC[C@@H]3SC[C@@H]4NC(=O)N[C@@H]43)cc2)cc1OCCCN1CCCC1)N(c1cc(F)ccc1F)S(=O)(=O)c1ccc(Cl)cc1. The van der Waals surface area contributed by atoms with Gasteiger partial charge < -0.3 is 35.6 Å². The van der Waals surface area contributed by atoms with Gasteiger partial charge in [0.05, 0.1) is 35.3 Å². The number of urea groups is 1. The highest BCUT2D eigenvalue weighted by atomic mass is 35.5. The molecule has 4 amide bonds. The summed E-state index contributed by atoms with van der Waals surface area (Å²) >= 11 is 7.97. The van der Waals surface area contributed by atoms with E-state index in [4.69, 9.17) is 21.1 Å². The standard InChI is InChI=1S/C54H67ClF2N6O8S2/c1-37(63(47-34-42(56)22-26-45(47)57)73(68,69)43-23-20-41(55)21-24-43)44-25-19-40(33-48(44)70-32-12-31-62-29-10-11-30-62)52(65)39-17-15-38(16-18-39)35-71-54(67)59-28-9-5-3-2-4-8-27-58-50(64)14-7-6-13-49-51-46(36-72-49)60-53(66)61-51/h15-26,33-34,37,46,49,51H,2-14,27-32,35-36H2,1H3,(H,58,64)(H,59,67)(H2,60,61,66)/t37?,46-,49-,51-/m0/s1. The van der Waals surface area contributed by atoms with Gasteiger partial charge in [-0.1, -0.05) is 80.1 Å². The zero-order valence-electron chi connectivity index (χ0n) is 41.4. The maximum Gasteiger partial charge on any atom is 0.407 e. The number of rotatable bonds is 28. The van der Waals surface area contributed by atoms with Crippen LogP contribution in [0.1, 0.15) is 123 Å². The Kier molecular flexibility index (Phi) is 20.6. The molecule has 3 aliphatic heterocycles. The zero-order valence-corrected chi connectivity index (χ0v) is 43.7. The Balaban J connectivity index is 0.849. The number of carbonyl (C=O) groups excluding carboxylic acids is 4. The van der Waals surface area contributed by atoms with E-state index in [-0.39, 0.29) is 59.2 Å². The van der Waals surface area contributed by atoms with Crippen LogP contribution in [0.2, 0.25) is 5.02 Å². The van der Waals surface area contributed by atoms with E-state index >= 15 is 4.39 Å². The van der Waals surface area contributed by atoms with Crippen molar-refractivity contribution >= 4 is 62.9 Å². The van der Waals surface area contributed by atoms with Gasteiger partial charge in [-0.3, -0.25) is 13.9 Å². The molecule has 19 heteroatoms. The highest BCUT2D eigenvalue weighted by Gasteiger charge is 2.42. The Bertz CT molecular complexity index is 2610. The molecule has 394 valence electrons. The maximum atomic E-state index is 15.6. The molecule has 4 atom stereocenters. The molecule has 4 aromatic rings. The zero-order chi connectivity index (χ0) is 51.7. The smallest absolute Gasteiger partial charge is 0.407 e. The van der Waals surface area contributed by atoms with Crippen LogP contribution < -0.4 is 30.3 Å². The van der Waals surface area contributed by atoms with Crippen molar-refractivity contribution < 1.29 is 45.9 Å². The molecule has 0 bridgehead atoms. The van der Waals surface area contributed by atoms with E-state index in [1.807, 2.05) is 11.8 Å². The number of amides is 4. The van der Waals surface area contributed by atoms with Crippen LogP contribution in [0.25, 0.3) is 0 Å². The summed E-state index contributed by atoms with van der Waals surface area (Å²) in [6.45, 7) is 5.75. The number of unbranched alkanes of at least 4 members (excludes halogenated alkanes) is 6. The van der Waals surface area contributed by atoms with Crippen molar-refractivity contribution in [1.29, 1.82) is 0 Å². The molecule has 4 aromatic carbocycles. The third-order valence-corrected chi connectivity index (χ3v) is 17.2. The minimum atomic E-state index is -4.53. The van der Waals surface area contributed by atoms with Crippen molar-refractivity contribution in [3.05, 3.63) is 124 Å². The van der Waals surface area contributed by atoms with Gasteiger partial charge in [0.15, 0.2) is 5.78 Å². The Morgan fingerprint density at radius 3 is 2.27 bits per heavy atom.